The largest absolute Gasteiger partial charge is 0.724 e. The minimum atomic E-state index is -5.27. The van der Waals surface area contributed by atoms with Crippen LogP contribution in [-0.2, 0) is 40.4 Å². The molecule has 0 bridgehead atoms. The highest BCUT2D eigenvalue weighted by Gasteiger charge is 2.57. The summed E-state index contributed by atoms with van der Waals surface area (Å²) in [6.07, 6.45) is 7.75. The summed E-state index contributed by atoms with van der Waals surface area (Å²) in [4.78, 5) is 51.6. The molecule has 0 spiro atoms. The second-order valence-corrected chi connectivity index (χ2v) is 12.5. The predicted molar refractivity (Wildman–Crippen MR) is 157 cm³/mol. The van der Waals surface area contributed by atoms with Crippen LogP contribution in [0.25, 0.3) is 5.82 Å². The number of carbonyl (C=O) groups is 3. The lowest BCUT2D eigenvalue weighted by atomic mass is 9.84. The van der Waals surface area contributed by atoms with Crippen molar-refractivity contribution in [1.29, 1.82) is 0 Å². The summed E-state index contributed by atoms with van der Waals surface area (Å²) < 4.78 is 46.5. The van der Waals surface area contributed by atoms with E-state index in [-0.39, 0.29) is 16.6 Å². The molecular formula is C25H31N9O10S2. The van der Waals surface area contributed by atoms with Crippen LogP contribution in [-0.4, -0.2) is 91.5 Å². The van der Waals surface area contributed by atoms with E-state index in [2.05, 4.69) is 24.7 Å². The average Bonchev–Trinajstić information content (AvgIpc) is 3.65. The van der Waals surface area contributed by atoms with Crippen LogP contribution in [0.3, 0.4) is 0 Å². The van der Waals surface area contributed by atoms with Gasteiger partial charge in [-0.25, -0.2) is 27.7 Å². The fraction of sp³-hybridized carbons (Fsp3) is 0.400. The number of oxime groups is 1. The van der Waals surface area contributed by atoms with Gasteiger partial charge in [-0.05, 0) is 39.8 Å². The number of nitrogens with zero attached hydrogens (tertiary/aromatic N) is 6. The van der Waals surface area contributed by atoms with Gasteiger partial charge in [0, 0.05) is 11.4 Å². The highest BCUT2D eigenvalue weighted by molar-refractivity contribution is 7.80. The molecule has 2 amide bonds. The van der Waals surface area contributed by atoms with Gasteiger partial charge in [0.25, 0.3) is 17.4 Å². The van der Waals surface area contributed by atoms with Gasteiger partial charge in [-0.2, -0.15) is 13.9 Å². The van der Waals surface area contributed by atoms with Crippen molar-refractivity contribution in [3.8, 4) is 11.6 Å². The molecule has 0 saturated carbocycles. The van der Waals surface area contributed by atoms with Crippen LogP contribution >= 0.6 is 11.3 Å². The maximum absolute atomic E-state index is 13.3. The number of carboxylic acid groups (broad SMARTS) is 1. The van der Waals surface area contributed by atoms with Crippen molar-refractivity contribution in [3.05, 3.63) is 48.1 Å². The number of thiazole rings is 1. The minimum absolute atomic E-state index is 0.0429. The number of carboxylic acids is 1. The Morgan fingerprint density at radius 3 is 2.65 bits per heavy atom. The first-order chi connectivity index (χ1) is 21.5. The number of ether oxygens (including phenoxy) is 1. The van der Waals surface area contributed by atoms with Crippen LogP contribution in [0.5, 0.6) is 5.75 Å². The van der Waals surface area contributed by atoms with Gasteiger partial charge >= 0.3 is 5.97 Å². The van der Waals surface area contributed by atoms with Crippen molar-refractivity contribution in [1.82, 2.24) is 24.9 Å². The Morgan fingerprint density at radius 2 is 2.09 bits per heavy atom. The molecule has 1 aliphatic heterocycles. The smallest absolute Gasteiger partial charge is 0.354 e. The van der Waals surface area contributed by atoms with E-state index >= 15 is 0 Å². The molecule has 2 atom stereocenters. The summed E-state index contributed by atoms with van der Waals surface area (Å²) in [5, 5.41) is 17.7. The van der Waals surface area contributed by atoms with Crippen LogP contribution in [0.1, 0.15) is 32.9 Å². The van der Waals surface area contributed by atoms with E-state index in [1.165, 1.54) is 25.4 Å². The Bertz CT molecular complexity index is 1740. The molecular weight excluding hydrogens is 650 g/mol. The molecule has 46 heavy (non-hydrogen) atoms. The minimum Gasteiger partial charge on any atom is -0.724 e. The molecule has 248 valence electrons. The molecule has 6 N–H and O–H groups in total. The van der Waals surface area contributed by atoms with Gasteiger partial charge in [0.1, 0.15) is 36.5 Å². The van der Waals surface area contributed by atoms with Gasteiger partial charge < -0.3 is 36.0 Å². The lowest BCUT2D eigenvalue weighted by Crippen LogP contribution is -2.76. The SMILES string of the molecule is CC(COc1ccc(-n2cc[n+](CCCN)c2)nc1)(O/N=C(\C(=O)N[C@@H]1C(=O)N(OS(=O)(=O)[O-])C1(C)C)c1csc(N)n1)C(=O)O. The number of nitrogen functional groups attached to an aromatic ring is 1. The Balaban J connectivity index is 1.48. The number of imidazole rings is 1. The van der Waals surface area contributed by atoms with Crippen molar-refractivity contribution in [3.63, 3.8) is 0 Å². The number of rotatable bonds is 15. The molecule has 4 rings (SSSR count). The second kappa shape index (κ2) is 13.3. The van der Waals surface area contributed by atoms with Gasteiger partial charge in [0.05, 0.1) is 18.3 Å². The third-order valence-corrected chi connectivity index (χ3v) is 7.71. The number of nitrogens with two attached hydrogens (primary N) is 2. The van der Waals surface area contributed by atoms with Gasteiger partial charge in [-0.15, -0.1) is 11.3 Å². The predicted octanol–water partition coefficient (Wildman–Crippen LogP) is -1.31. The standard InChI is InChI=1S/C25H31N9O10S2/c1-24(2)19(21(36)34(24)44-46(39,40)41)30-20(35)18(16-12-45-23(27)29-16)31-43-25(3,22(37)38)13-42-15-5-6-17(28-11-15)33-10-9-32(14-33)8-4-7-26/h5-6,9-12,14,19H,4,7-8,13,26H2,1-3H3,(H4-,27,29,30,35,37,38,39,40,41)/b31-18-/t19-,25?/m1/s1. The molecule has 3 aromatic heterocycles. The van der Waals surface area contributed by atoms with Crippen molar-refractivity contribution >= 4 is 50.4 Å². The molecule has 19 nitrogen and oxygen atoms in total. The Hall–Kier alpha value is -4.70. The van der Waals surface area contributed by atoms with Crippen molar-refractivity contribution in [2.24, 2.45) is 10.9 Å². The highest BCUT2D eigenvalue weighted by Crippen LogP contribution is 2.33. The summed E-state index contributed by atoms with van der Waals surface area (Å²) in [5.41, 5.74) is 6.98. The van der Waals surface area contributed by atoms with E-state index in [4.69, 9.17) is 21.0 Å². The molecule has 0 radical (unpaired) electrons. The summed E-state index contributed by atoms with van der Waals surface area (Å²) in [5.74, 6) is -2.79. The number of hydrogen-bond acceptors (Lipinski definition) is 15. The third-order valence-electron chi connectivity index (χ3n) is 6.70. The lowest BCUT2D eigenvalue weighted by molar-refractivity contribution is -0.696. The third kappa shape index (κ3) is 7.74. The molecule has 0 aromatic carbocycles. The molecule has 3 aromatic rings. The van der Waals surface area contributed by atoms with Crippen LogP contribution in [0, 0.1) is 0 Å². The van der Waals surface area contributed by atoms with Gasteiger partial charge in [0.15, 0.2) is 10.8 Å². The molecule has 1 aliphatic rings. The van der Waals surface area contributed by atoms with Crippen LogP contribution < -0.4 is 26.1 Å². The fourth-order valence-corrected chi connectivity index (χ4v) is 5.05. The summed E-state index contributed by atoms with van der Waals surface area (Å²) in [7, 11) is -5.27. The van der Waals surface area contributed by atoms with E-state index < -0.39 is 57.7 Å². The maximum Gasteiger partial charge on any atom is 0.354 e. The number of anilines is 1. The van der Waals surface area contributed by atoms with Gasteiger partial charge in [-0.3, -0.25) is 9.59 Å². The second-order valence-electron chi connectivity index (χ2n) is 10.7. The van der Waals surface area contributed by atoms with Crippen LogP contribution in [0.4, 0.5) is 5.13 Å². The number of pyridine rings is 1. The Kier molecular flexibility index (Phi) is 9.91. The summed E-state index contributed by atoms with van der Waals surface area (Å²) in [6.45, 7) is 4.55. The number of aryl methyl sites for hydroxylation is 1. The molecule has 4 heterocycles. The van der Waals surface area contributed by atoms with Gasteiger partial charge in [-0.1, -0.05) is 5.16 Å². The topological polar surface area (TPSA) is 271 Å². The Labute approximate surface area is 266 Å². The molecule has 21 heteroatoms. The molecule has 1 unspecified atom stereocenters. The molecule has 0 aliphatic carbocycles. The lowest BCUT2D eigenvalue weighted by Gasteiger charge is -2.51. The number of hydrogen-bond donors (Lipinski definition) is 4. The van der Waals surface area contributed by atoms with E-state index in [0.29, 0.717) is 17.4 Å². The summed E-state index contributed by atoms with van der Waals surface area (Å²) >= 11 is 0.945. The highest BCUT2D eigenvalue weighted by atomic mass is 32.3. The number of β-lactam (4-membered cyclic amide) rings is 1. The van der Waals surface area contributed by atoms with Crippen LogP contribution in [0.15, 0.2) is 47.6 Å². The first-order valence-electron chi connectivity index (χ1n) is 13.4. The number of nitrogens with one attached hydrogen (secondary N) is 1. The van der Waals surface area contributed by atoms with Crippen LogP contribution in [0.2, 0.25) is 0 Å². The first kappa shape index (κ1) is 34.2. The van der Waals surface area contributed by atoms with E-state index in [1.807, 2.05) is 23.3 Å². The summed E-state index contributed by atoms with van der Waals surface area (Å²) in [6, 6.07) is 1.88. The number of aliphatic carboxylic acids is 1. The molecule has 1 saturated heterocycles. The zero-order chi connectivity index (χ0) is 33.9. The number of amides is 2. The number of aromatic nitrogens is 4. The normalized spacial score (nSPS) is 17.6. The average molecular weight is 682 g/mol. The quantitative estimate of drug-likeness (QED) is 0.0362. The van der Waals surface area contributed by atoms with Crippen molar-refractivity contribution in [2.75, 3.05) is 18.9 Å². The van der Waals surface area contributed by atoms with Crippen molar-refractivity contribution < 1.29 is 50.9 Å². The fourth-order valence-electron chi connectivity index (χ4n) is 4.06. The van der Waals surface area contributed by atoms with E-state index in [9.17, 15) is 32.5 Å². The zero-order valence-corrected chi connectivity index (χ0v) is 26.4. The van der Waals surface area contributed by atoms with E-state index in [1.54, 1.807) is 16.7 Å². The number of hydroxylamine groups is 2. The monoisotopic (exact) mass is 681 g/mol. The Morgan fingerprint density at radius 1 is 1.35 bits per heavy atom. The zero-order valence-electron chi connectivity index (χ0n) is 24.7. The molecule has 1 fully saturated rings. The maximum atomic E-state index is 13.3. The van der Waals surface area contributed by atoms with Gasteiger partial charge in [0.2, 0.25) is 22.5 Å². The van der Waals surface area contributed by atoms with E-state index in [0.717, 1.165) is 31.2 Å². The first-order valence-corrected chi connectivity index (χ1v) is 15.6. The van der Waals surface area contributed by atoms with Crippen molar-refractivity contribution in [2.45, 2.75) is 50.9 Å². The number of carbonyl (C=O) groups excluding carboxylic acids is 2.